The molecule has 13 heteroatoms. The van der Waals surface area contributed by atoms with E-state index in [2.05, 4.69) is 0 Å². The molecule has 0 unspecified atom stereocenters. The van der Waals surface area contributed by atoms with Gasteiger partial charge in [0.25, 0.3) is 0 Å². The van der Waals surface area contributed by atoms with Gasteiger partial charge in [-0.25, -0.2) is 4.57 Å². The van der Waals surface area contributed by atoms with Crippen LogP contribution >= 0.6 is 7.82 Å². The average Bonchev–Trinajstić information content (AvgIpc) is 1.12. The smallest absolute Gasteiger partial charge is 0.316 e. The van der Waals surface area contributed by atoms with Gasteiger partial charge in [-0.3, -0.25) is 9.11 Å². The van der Waals surface area contributed by atoms with Crippen molar-refractivity contribution in [2.75, 3.05) is 0 Å². The Morgan fingerprint density at radius 1 is 1.00 bits per heavy atom. The topological polar surface area (TPSA) is 152 Å². The van der Waals surface area contributed by atoms with Crippen LogP contribution in [0.5, 0.6) is 0 Å². The summed E-state index contributed by atoms with van der Waals surface area (Å²) < 4.78 is 40.5. The van der Waals surface area contributed by atoms with Crippen LogP contribution < -0.4 is 0 Å². The second-order valence-corrected chi connectivity index (χ2v) is 2.88. The minimum absolute atomic E-state index is 0. The van der Waals surface area contributed by atoms with Crippen molar-refractivity contribution in [2.45, 2.75) is 0 Å². The summed E-state index contributed by atoms with van der Waals surface area (Å²) in [6.45, 7) is 0. The Hall–Kier alpha value is 2.90. The van der Waals surface area contributed by atoms with E-state index in [0.717, 1.165) is 0 Å². The van der Waals surface area contributed by atoms with Crippen molar-refractivity contribution in [1.82, 2.24) is 0 Å². The van der Waals surface area contributed by atoms with Crippen LogP contribution in [0.25, 0.3) is 0 Å². The van der Waals surface area contributed by atoms with E-state index in [4.69, 9.17) is 36.8 Å². The maximum atomic E-state index is 8.88. The minimum Gasteiger partial charge on any atom is 0.316 e. The van der Waals surface area contributed by atoms with Crippen molar-refractivity contribution in [1.29, 1.82) is 0 Å². The summed E-state index contributed by atoms with van der Waals surface area (Å²) in [5.74, 6) is 0. The molecule has 5 N–H and O–H groups in total. The Morgan fingerprint density at radius 3 is 1.00 bits per heavy atom. The second-order valence-electron chi connectivity index (χ2n) is 0.961. The van der Waals surface area contributed by atoms with Crippen LogP contribution in [0.4, 0.5) is 0 Å². The number of phosphoric acid groups is 1. The van der Waals surface area contributed by atoms with Gasteiger partial charge in [-0.1, -0.05) is 0 Å². The fraction of sp³-hybridized carbons (Fsp3) is 0. The number of hydrogen-bond acceptors (Lipinski definition) is 3. The Labute approximate surface area is 144 Å². The Kier molecular flexibility index (Phi) is 29.6. The Balaban J connectivity index is -0.0000000267. The van der Waals surface area contributed by atoms with Crippen molar-refractivity contribution < 1.29 is 53.8 Å². The number of hydrogen-bond donors (Lipinski definition) is 5. The van der Waals surface area contributed by atoms with Gasteiger partial charge in [-0.15, -0.1) is 0 Å². The molecule has 0 fully saturated rings. The van der Waals surface area contributed by atoms with Crippen molar-refractivity contribution in [2.24, 2.45) is 0 Å². The summed E-state index contributed by atoms with van der Waals surface area (Å²) in [6, 6.07) is 0. The summed E-state index contributed by atoms with van der Waals surface area (Å²) >= 11 is 0. The van der Waals surface area contributed by atoms with Gasteiger partial charge in [0.2, 0.25) is 0 Å². The molecule has 0 radical (unpaired) electrons. The van der Waals surface area contributed by atoms with E-state index in [-0.39, 0.29) is 91.5 Å². The fourth-order valence-corrected chi connectivity index (χ4v) is 0. The van der Waals surface area contributed by atoms with Crippen molar-refractivity contribution in [3.63, 3.8) is 0 Å². The normalized spacial score (nSPS) is 9.00. The molecule has 0 atom stereocenters. The van der Waals surface area contributed by atoms with Gasteiger partial charge in [0, 0.05) is 17.1 Å². The van der Waals surface area contributed by atoms with Crippen LogP contribution in [0.15, 0.2) is 0 Å². The molecule has 0 aromatic heterocycles. The molecular weight excluding hydrogens is 310 g/mol. The maximum Gasteiger partial charge on any atom is 0.316 e. The van der Waals surface area contributed by atoms with E-state index in [9.17, 15) is 0 Å². The van der Waals surface area contributed by atoms with Crippen LogP contribution in [0, 0.1) is 0 Å². The van der Waals surface area contributed by atoms with Crippen molar-refractivity contribution >= 4 is 92.7 Å². The van der Waals surface area contributed by atoms with Crippen LogP contribution in [-0.2, 0) is 32.0 Å². The molecular formula is H8FeKMgO8PS. The molecule has 13 heavy (non-hydrogen) atoms. The van der Waals surface area contributed by atoms with Gasteiger partial charge in [0.1, 0.15) is 0 Å². The zero-order valence-corrected chi connectivity index (χ0v) is 7.48. The molecule has 0 bridgehead atoms. The first-order valence-electron chi connectivity index (χ1n) is 1.48. The van der Waals surface area contributed by atoms with E-state index in [1.807, 2.05) is 0 Å². The molecule has 0 rings (SSSR count). The monoisotopic (exact) mass is 318 g/mol. The summed E-state index contributed by atoms with van der Waals surface area (Å²) in [6.07, 6.45) is 0. The summed E-state index contributed by atoms with van der Waals surface area (Å²) in [7, 11) is -9.31. The third-order valence-electron chi connectivity index (χ3n) is 0. The summed E-state index contributed by atoms with van der Waals surface area (Å²) in [5, 5.41) is 0. The van der Waals surface area contributed by atoms with E-state index in [1.54, 1.807) is 0 Å². The molecule has 8 nitrogen and oxygen atoms in total. The zero-order chi connectivity index (χ0) is 9.00. The SMILES string of the molecule is O=P(O)(O)O.O=S(=O)(O)O.[Fe].[KH].[MgH2]. The van der Waals surface area contributed by atoms with E-state index in [1.165, 1.54) is 0 Å². The predicted molar refractivity (Wildman–Crippen MR) is 44.1 cm³/mol. The molecule has 78 valence electrons. The quantitative estimate of drug-likeness (QED) is 0.178. The zero-order valence-electron chi connectivity index (χ0n) is 4.67. The molecule has 0 heterocycles. The molecule has 0 aliphatic heterocycles. The van der Waals surface area contributed by atoms with Gasteiger partial charge in [-0.2, -0.15) is 8.42 Å². The summed E-state index contributed by atoms with van der Waals surface area (Å²) in [4.78, 5) is 21.6. The minimum atomic E-state index is -4.67. The van der Waals surface area contributed by atoms with Gasteiger partial charge < -0.3 is 14.7 Å². The second kappa shape index (κ2) is 13.0. The molecule has 0 amide bonds. The molecule has 0 saturated carbocycles. The predicted octanol–water partition coefficient (Wildman–Crippen LogP) is -3.15. The average molecular weight is 318 g/mol. The molecule has 0 spiro atoms. The molecule has 0 saturated heterocycles. The Morgan fingerprint density at radius 2 is 1.00 bits per heavy atom. The third kappa shape index (κ3) is 295. The van der Waals surface area contributed by atoms with Gasteiger partial charge in [-0.05, 0) is 0 Å². The fourth-order valence-electron chi connectivity index (χ4n) is 0. The molecule has 0 aliphatic rings. The molecule has 0 aromatic carbocycles. The van der Waals surface area contributed by atoms with Crippen LogP contribution in [0.2, 0.25) is 0 Å². The first-order chi connectivity index (χ1) is 4.00. The summed E-state index contributed by atoms with van der Waals surface area (Å²) in [5.41, 5.74) is 0. The molecule has 0 aromatic rings. The van der Waals surface area contributed by atoms with Crippen molar-refractivity contribution in [3.8, 4) is 0 Å². The van der Waals surface area contributed by atoms with Crippen LogP contribution in [-0.4, -0.2) is 107 Å². The third-order valence-corrected chi connectivity index (χ3v) is 0. The van der Waals surface area contributed by atoms with Crippen molar-refractivity contribution in [3.05, 3.63) is 0 Å². The van der Waals surface area contributed by atoms with Crippen LogP contribution in [0.3, 0.4) is 0 Å². The molecule has 0 aliphatic carbocycles. The van der Waals surface area contributed by atoms with Gasteiger partial charge >= 0.3 is 92.7 Å². The standard InChI is InChI=1S/Fe.K.Mg.H3O4P.H2O4S.3H/c;;;2*1-5(2,3)4;;;/h;;;(H3,1,2,3,4);(H2,1,2,3,4);;;. The van der Waals surface area contributed by atoms with Crippen LogP contribution in [0.1, 0.15) is 0 Å². The maximum absolute atomic E-state index is 8.88. The number of rotatable bonds is 0. The largest absolute Gasteiger partial charge is 0.316 e. The van der Waals surface area contributed by atoms with E-state index < -0.39 is 18.2 Å². The first kappa shape index (κ1) is 29.7. The van der Waals surface area contributed by atoms with Gasteiger partial charge in [0.05, 0.1) is 0 Å². The van der Waals surface area contributed by atoms with E-state index >= 15 is 0 Å². The Bertz CT molecular complexity index is 202. The van der Waals surface area contributed by atoms with E-state index in [0.29, 0.717) is 0 Å². The van der Waals surface area contributed by atoms with Gasteiger partial charge in [0.15, 0.2) is 0 Å². The first-order valence-corrected chi connectivity index (χ1v) is 4.44.